The van der Waals surface area contributed by atoms with E-state index < -0.39 is 0 Å². The lowest BCUT2D eigenvalue weighted by molar-refractivity contribution is -0.131. The molecule has 0 aromatic carbocycles. The Morgan fingerprint density at radius 1 is 1.42 bits per heavy atom. The van der Waals surface area contributed by atoms with E-state index in [-0.39, 0.29) is 11.3 Å². The lowest BCUT2D eigenvalue weighted by Gasteiger charge is -2.31. The average molecular weight is 267 g/mol. The fourth-order valence-electron chi connectivity index (χ4n) is 1.97. The molecule has 0 unspecified atom stereocenters. The first-order chi connectivity index (χ1) is 8.80. The zero-order valence-corrected chi connectivity index (χ0v) is 12.6. The van der Waals surface area contributed by atoms with E-state index in [0.717, 1.165) is 17.0 Å². The smallest absolute Gasteiger partial charge is 0.227 e. The highest BCUT2D eigenvalue weighted by Crippen LogP contribution is 2.18. The van der Waals surface area contributed by atoms with Gasteiger partial charge in [-0.2, -0.15) is 0 Å². The number of carbonyl (C=O) groups excluding carboxylic acids is 1. The van der Waals surface area contributed by atoms with Crippen LogP contribution in [0.2, 0.25) is 0 Å². The molecule has 1 aromatic heterocycles. The normalized spacial score (nSPS) is 11.7. The molecule has 0 fully saturated rings. The van der Waals surface area contributed by atoms with Crippen LogP contribution >= 0.6 is 0 Å². The molecule has 1 amide bonds. The molecule has 0 bridgehead atoms. The van der Waals surface area contributed by atoms with E-state index in [4.69, 9.17) is 10.3 Å². The number of amides is 1. The number of nitrogens with zero attached hydrogens (tertiary/aromatic N) is 2. The molecule has 2 N–H and O–H groups in total. The van der Waals surface area contributed by atoms with Crippen molar-refractivity contribution in [3.63, 3.8) is 0 Å². The van der Waals surface area contributed by atoms with Crippen LogP contribution in [0.5, 0.6) is 0 Å². The summed E-state index contributed by atoms with van der Waals surface area (Å²) in [5.41, 5.74) is 7.35. The van der Waals surface area contributed by atoms with Crippen LogP contribution in [0, 0.1) is 19.3 Å². The minimum Gasteiger partial charge on any atom is -0.361 e. The van der Waals surface area contributed by atoms with Crippen molar-refractivity contribution in [3.05, 3.63) is 17.0 Å². The Hall–Kier alpha value is -1.36. The number of aryl methyl sites for hydroxylation is 2. The van der Waals surface area contributed by atoms with Gasteiger partial charge in [0.15, 0.2) is 0 Å². The van der Waals surface area contributed by atoms with Crippen LogP contribution in [-0.4, -0.2) is 35.6 Å². The number of aromatic nitrogens is 1. The Bertz CT molecular complexity index is 418. The summed E-state index contributed by atoms with van der Waals surface area (Å²) >= 11 is 0. The van der Waals surface area contributed by atoms with Gasteiger partial charge in [0.2, 0.25) is 5.91 Å². The lowest BCUT2D eigenvalue weighted by Crippen LogP contribution is -2.42. The Labute approximate surface area is 115 Å². The standard InChI is InChI=1S/C14H25N3O2/c1-6-17(9-14(4,5)8-15)13(18)7-12-10(2)16-19-11(12)3/h6-9,15H2,1-5H3. The quantitative estimate of drug-likeness (QED) is 0.851. The summed E-state index contributed by atoms with van der Waals surface area (Å²) in [6.07, 6.45) is 0.343. The van der Waals surface area contributed by atoms with Gasteiger partial charge in [0.1, 0.15) is 5.76 Å². The van der Waals surface area contributed by atoms with Crippen molar-refractivity contribution < 1.29 is 9.32 Å². The van der Waals surface area contributed by atoms with Crippen LogP contribution in [-0.2, 0) is 11.2 Å². The van der Waals surface area contributed by atoms with Gasteiger partial charge in [-0.05, 0) is 32.7 Å². The molecule has 0 aliphatic rings. The van der Waals surface area contributed by atoms with Crippen molar-refractivity contribution in [2.24, 2.45) is 11.1 Å². The Morgan fingerprint density at radius 3 is 2.47 bits per heavy atom. The summed E-state index contributed by atoms with van der Waals surface area (Å²) in [5.74, 6) is 0.818. The predicted molar refractivity (Wildman–Crippen MR) is 74.8 cm³/mol. The maximum atomic E-state index is 12.4. The van der Waals surface area contributed by atoms with E-state index in [1.54, 1.807) is 0 Å². The molecule has 1 heterocycles. The van der Waals surface area contributed by atoms with Crippen molar-refractivity contribution in [1.29, 1.82) is 0 Å². The Balaban J connectivity index is 2.75. The van der Waals surface area contributed by atoms with Gasteiger partial charge in [-0.1, -0.05) is 19.0 Å². The molecule has 5 nitrogen and oxygen atoms in total. The maximum Gasteiger partial charge on any atom is 0.227 e. The minimum absolute atomic E-state index is 0.0651. The highest BCUT2D eigenvalue weighted by Gasteiger charge is 2.24. The Morgan fingerprint density at radius 2 is 2.05 bits per heavy atom. The summed E-state index contributed by atoms with van der Waals surface area (Å²) in [6.45, 7) is 11.7. The summed E-state index contributed by atoms with van der Waals surface area (Å²) in [5, 5.41) is 3.88. The molecule has 108 valence electrons. The van der Waals surface area contributed by atoms with Gasteiger partial charge in [0.05, 0.1) is 12.1 Å². The van der Waals surface area contributed by atoms with Gasteiger partial charge in [-0.25, -0.2) is 0 Å². The summed E-state index contributed by atoms with van der Waals surface area (Å²) in [4.78, 5) is 14.2. The number of likely N-dealkylation sites (N-methyl/N-ethyl adjacent to an activating group) is 1. The van der Waals surface area contributed by atoms with E-state index in [1.165, 1.54) is 0 Å². The number of rotatable bonds is 6. The van der Waals surface area contributed by atoms with Gasteiger partial charge < -0.3 is 15.2 Å². The molecule has 1 aromatic rings. The van der Waals surface area contributed by atoms with Crippen LogP contribution in [0.25, 0.3) is 0 Å². The van der Waals surface area contributed by atoms with Gasteiger partial charge in [0.25, 0.3) is 0 Å². The van der Waals surface area contributed by atoms with Crippen LogP contribution in [0.15, 0.2) is 4.52 Å². The molecule has 5 heteroatoms. The van der Waals surface area contributed by atoms with Crippen LogP contribution in [0.4, 0.5) is 0 Å². The van der Waals surface area contributed by atoms with Crippen LogP contribution in [0.3, 0.4) is 0 Å². The molecule has 0 radical (unpaired) electrons. The van der Waals surface area contributed by atoms with Gasteiger partial charge in [-0.3, -0.25) is 4.79 Å². The second-order valence-corrected chi connectivity index (χ2v) is 5.76. The molecular formula is C14H25N3O2. The second kappa shape index (κ2) is 6.19. The SMILES string of the molecule is CCN(CC(C)(C)CN)C(=O)Cc1c(C)noc1C. The molecule has 0 aliphatic carbocycles. The van der Waals surface area contributed by atoms with E-state index in [9.17, 15) is 4.79 Å². The number of hydrogen-bond donors (Lipinski definition) is 1. The third kappa shape index (κ3) is 4.06. The third-order valence-corrected chi connectivity index (χ3v) is 3.42. The maximum absolute atomic E-state index is 12.4. The summed E-state index contributed by atoms with van der Waals surface area (Å²) < 4.78 is 5.09. The van der Waals surface area contributed by atoms with Crippen LogP contribution < -0.4 is 5.73 Å². The zero-order chi connectivity index (χ0) is 14.6. The van der Waals surface area contributed by atoms with E-state index in [2.05, 4.69) is 19.0 Å². The number of nitrogens with two attached hydrogens (primary N) is 1. The van der Waals surface area contributed by atoms with Gasteiger partial charge in [0, 0.05) is 18.7 Å². The second-order valence-electron chi connectivity index (χ2n) is 5.76. The monoisotopic (exact) mass is 267 g/mol. The first-order valence-electron chi connectivity index (χ1n) is 6.70. The molecule has 19 heavy (non-hydrogen) atoms. The number of carbonyl (C=O) groups is 1. The predicted octanol–water partition coefficient (Wildman–Crippen LogP) is 1.67. The largest absolute Gasteiger partial charge is 0.361 e. The molecule has 0 spiro atoms. The average Bonchev–Trinajstić information content (AvgIpc) is 2.67. The molecular weight excluding hydrogens is 242 g/mol. The summed E-state index contributed by atoms with van der Waals surface area (Å²) in [6, 6.07) is 0. The Kier molecular flexibility index (Phi) is 5.11. The lowest BCUT2D eigenvalue weighted by atomic mass is 9.93. The van der Waals surface area contributed by atoms with E-state index >= 15 is 0 Å². The zero-order valence-electron chi connectivity index (χ0n) is 12.6. The fourth-order valence-corrected chi connectivity index (χ4v) is 1.97. The third-order valence-electron chi connectivity index (χ3n) is 3.42. The highest BCUT2D eigenvalue weighted by molar-refractivity contribution is 5.79. The van der Waals surface area contributed by atoms with Gasteiger partial charge >= 0.3 is 0 Å². The molecule has 1 rings (SSSR count). The topological polar surface area (TPSA) is 72.4 Å². The van der Waals surface area contributed by atoms with E-state index in [1.807, 2.05) is 25.7 Å². The molecule has 0 aliphatic heterocycles. The molecule has 0 saturated heterocycles. The molecule has 0 atom stereocenters. The van der Waals surface area contributed by atoms with Crippen LogP contribution in [0.1, 0.15) is 37.8 Å². The van der Waals surface area contributed by atoms with E-state index in [0.29, 0.717) is 26.1 Å². The fraction of sp³-hybridized carbons (Fsp3) is 0.714. The number of hydrogen-bond acceptors (Lipinski definition) is 4. The molecule has 0 saturated carbocycles. The highest BCUT2D eigenvalue weighted by atomic mass is 16.5. The minimum atomic E-state index is -0.0651. The van der Waals surface area contributed by atoms with Crippen molar-refractivity contribution in [2.75, 3.05) is 19.6 Å². The van der Waals surface area contributed by atoms with Crippen molar-refractivity contribution in [3.8, 4) is 0 Å². The first-order valence-corrected chi connectivity index (χ1v) is 6.70. The summed E-state index contributed by atoms with van der Waals surface area (Å²) in [7, 11) is 0. The van der Waals surface area contributed by atoms with Crippen molar-refractivity contribution in [1.82, 2.24) is 10.1 Å². The van der Waals surface area contributed by atoms with Crippen molar-refractivity contribution >= 4 is 5.91 Å². The first kappa shape index (κ1) is 15.7. The van der Waals surface area contributed by atoms with Crippen molar-refractivity contribution in [2.45, 2.75) is 41.0 Å². The van der Waals surface area contributed by atoms with Gasteiger partial charge in [-0.15, -0.1) is 0 Å².